The molecule has 0 aliphatic heterocycles. The van der Waals surface area contributed by atoms with E-state index >= 15 is 0 Å². The molecule has 4 rings (SSSR count). The highest BCUT2D eigenvalue weighted by atomic mass is 16.5. The molecule has 148 valence electrons. The van der Waals surface area contributed by atoms with Gasteiger partial charge < -0.3 is 14.5 Å². The lowest BCUT2D eigenvalue weighted by Gasteiger charge is -2.18. The molecule has 5 heteroatoms. The van der Waals surface area contributed by atoms with Crippen LogP contribution in [0.5, 0.6) is 11.5 Å². The van der Waals surface area contributed by atoms with E-state index in [9.17, 15) is 0 Å². The summed E-state index contributed by atoms with van der Waals surface area (Å²) in [4.78, 5) is 6.83. The number of benzene rings is 2. The van der Waals surface area contributed by atoms with E-state index in [0.717, 1.165) is 22.6 Å². The first-order valence-corrected chi connectivity index (χ1v) is 9.64. The van der Waals surface area contributed by atoms with Gasteiger partial charge in [-0.15, -0.1) is 0 Å². The summed E-state index contributed by atoms with van der Waals surface area (Å²) in [6.45, 7) is 4.20. The highest BCUT2D eigenvalue weighted by molar-refractivity contribution is 5.86. The predicted octanol–water partition coefficient (Wildman–Crippen LogP) is 4.82. The normalized spacial score (nSPS) is 12.0. The van der Waals surface area contributed by atoms with Crippen LogP contribution in [0.4, 0.5) is 5.82 Å². The fourth-order valence-electron chi connectivity index (χ4n) is 3.84. The minimum absolute atomic E-state index is 0.0796. The van der Waals surface area contributed by atoms with Gasteiger partial charge in [0.15, 0.2) is 11.5 Å². The molecule has 4 aromatic rings. The van der Waals surface area contributed by atoms with Crippen molar-refractivity contribution < 1.29 is 14.5 Å². The molecule has 0 amide bonds. The predicted molar refractivity (Wildman–Crippen MR) is 116 cm³/mol. The summed E-state index contributed by atoms with van der Waals surface area (Å²) in [5, 5.41) is 4.89. The number of rotatable bonds is 6. The van der Waals surface area contributed by atoms with Crippen molar-refractivity contribution in [2.24, 2.45) is 0 Å². The summed E-state index contributed by atoms with van der Waals surface area (Å²) in [5.41, 5.74) is 5.74. The van der Waals surface area contributed by atoms with Crippen LogP contribution in [0.2, 0.25) is 0 Å². The van der Waals surface area contributed by atoms with E-state index in [1.165, 1.54) is 16.5 Å². The van der Waals surface area contributed by atoms with Crippen molar-refractivity contribution in [1.29, 1.82) is 0 Å². The molecule has 3 N–H and O–H groups in total. The largest absolute Gasteiger partial charge is 0.493 e. The molecule has 0 bridgehead atoms. The molecule has 29 heavy (non-hydrogen) atoms. The van der Waals surface area contributed by atoms with Gasteiger partial charge in [0.25, 0.3) is 5.82 Å². The van der Waals surface area contributed by atoms with Crippen LogP contribution >= 0.6 is 0 Å². The van der Waals surface area contributed by atoms with Gasteiger partial charge in [0.1, 0.15) is 6.04 Å². The van der Waals surface area contributed by atoms with Gasteiger partial charge in [-0.2, -0.15) is 0 Å². The van der Waals surface area contributed by atoms with E-state index in [4.69, 9.17) is 9.47 Å². The van der Waals surface area contributed by atoms with Gasteiger partial charge in [0, 0.05) is 33.8 Å². The van der Waals surface area contributed by atoms with Gasteiger partial charge in [-0.3, -0.25) is 5.32 Å². The summed E-state index contributed by atoms with van der Waals surface area (Å²) in [5.74, 6) is 2.38. The van der Waals surface area contributed by atoms with Gasteiger partial charge in [-0.1, -0.05) is 24.3 Å². The van der Waals surface area contributed by atoms with Crippen molar-refractivity contribution in [3.63, 3.8) is 0 Å². The standard InChI is InChI=1S/C24H25N3O2/c1-15-11-12-25-22(13-15)27-24(17-9-10-20(28-3)21(14-17)29-4)23-16(2)26-19-8-6-5-7-18(19)23/h5-14,24,26H,1-4H3,(H,25,27)/p+1. The van der Waals surface area contributed by atoms with Crippen molar-refractivity contribution in [3.05, 3.63) is 83.2 Å². The number of pyridine rings is 1. The molecule has 0 aliphatic carbocycles. The summed E-state index contributed by atoms with van der Waals surface area (Å²) >= 11 is 0. The molecule has 0 saturated heterocycles. The third kappa shape index (κ3) is 3.63. The Hall–Kier alpha value is -3.47. The SMILES string of the molecule is COc1ccc(C(Nc2cc(C)cc[nH+]2)c2c(C)[nH]c3ccccc23)cc1OC. The number of hydrogen-bond acceptors (Lipinski definition) is 3. The van der Waals surface area contributed by atoms with Crippen LogP contribution < -0.4 is 19.8 Å². The Bertz CT molecular complexity index is 1150. The molecule has 1 atom stereocenters. The lowest BCUT2D eigenvalue weighted by Crippen LogP contribution is -2.19. The Morgan fingerprint density at radius 3 is 2.48 bits per heavy atom. The summed E-state index contributed by atoms with van der Waals surface area (Å²) in [7, 11) is 3.31. The van der Waals surface area contributed by atoms with Crippen molar-refractivity contribution in [3.8, 4) is 11.5 Å². The van der Waals surface area contributed by atoms with Crippen LogP contribution in [-0.4, -0.2) is 19.2 Å². The molecule has 2 aromatic carbocycles. The van der Waals surface area contributed by atoms with Crippen LogP contribution in [0.25, 0.3) is 10.9 Å². The minimum Gasteiger partial charge on any atom is -0.493 e. The maximum Gasteiger partial charge on any atom is 0.273 e. The van der Waals surface area contributed by atoms with E-state index in [-0.39, 0.29) is 6.04 Å². The van der Waals surface area contributed by atoms with Crippen molar-refractivity contribution >= 4 is 16.7 Å². The number of fused-ring (bicyclic) bond motifs is 1. The second-order valence-electron chi connectivity index (χ2n) is 7.18. The fraction of sp³-hybridized carbons (Fsp3) is 0.208. The Balaban J connectivity index is 1.89. The average molecular weight is 388 g/mol. The minimum atomic E-state index is -0.0796. The lowest BCUT2D eigenvalue weighted by atomic mass is 9.95. The third-order valence-electron chi connectivity index (χ3n) is 5.23. The quantitative estimate of drug-likeness (QED) is 0.498. The number of nitrogens with one attached hydrogen (secondary N) is 3. The second kappa shape index (κ2) is 7.87. The number of ether oxygens (including phenoxy) is 2. The van der Waals surface area contributed by atoms with E-state index < -0.39 is 0 Å². The molecule has 0 fully saturated rings. The zero-order chi connectivity index (χ0) is 20.4. The molecule has 2 aromatic heterocycles. The molecule has 0 saturated carbocycles. The third-order valence-corrected chi connectivity index (χ3v) is 5.23. The second-order valence-corrected chi connectivity index (χ2v) is 7.18. The number of aromatic nitrogens is 2. The maximum absolute atomic E-state index is 5.56. The van der Waals surface area contributed by atoms with Crippen LogP contribution in [-0.2, 0) is 0 Å². The van der Waals surface area contributed by atoms with Crippen LogP contribution in [0.1, 0.15) is 28.4 Å². The highest BCUT2D eigenvalue weighted by Crippen LogP contribution is 2.37. The Morgan fingerprint density at radius 1 is 0.931 bits per heavy atom. The van der Waals surface area contributed by atoms with Crippen molar-refractivity contribution in [2.75, 3.05) is 19.5 Å². The topological polar surface area (TPSA) is 60.4 Å². The average Bonchev–Trinajstić information content (AvgIpc) is 3.07. The smallest absolute Gasteiger partial charge is 0.273 e. The van der Waals surface area contributed by atoms with E-state index in [2.05, 4.69) is 65.5 Å². The first kappa shape index (κ1) is 18.9. The first-order valence-electron chi connectivity index (χ1n) is 9.64. The molecule has 0 spiro atoms. The Labute approximate surface area is 170 Å². The van der Waals surface area contributed by atoms with Crippen LogP contribution in [0.3, 0.4) is 0 Å². The molecular weight excluding hydrogens is 362 g/mol. The van der Waals surface area contributed by atoms with Crippen molar-refractivity contribution in [2.45, 2.75) is 19.9 Å². The van der Waals surface area contributed by atoms with Gasteiger partial charge in [0.2, 0.25) is 0 Å². The van der Waals surface area contributed by atoms with E-state index in [1.54, 1.807) is 14.2 Å². The molecule has 5 nitrogen and oxygen atoms in total. The molecule has 1 unspecified atom stereocenters. The van der Waals surface area contributed by atoms with E-state index in [1.807, 2.05) is 24.4 Å². The lowest BCUT2D eigenvalue weighted by molar-refractivity contribution is -0.361. The van der Waals surface area contributed by atoms with Gasteiger partial charge in [-0.25, -0.2) is 4.98 Å². The monoisotopic (exact) mass is 388 g/mol. The summed E-state index contributed by atoms with van der Waals surface area (Å²) < 4.78 is 11.0. The first-order chi connectivity index (χ1) is 14.1. The summed E-state index contributed by atoms with van der Waals surface area (Å²) in [6, 6.07) is 18.5. The van der Waals surface area contributed by atoms with Gasteiger partial charge in [0.05, 0.1) is 20.4 Å². The maximum atomic E-state index is 5.56. The Kier molecular flexibility index (Phi) is 5.12. The van der Waals surface area contributed by atoms with Crippen molar-refractivity contribution in [1.82, 2.24) is 4.98 Å². The zero-order valence-electron chi connectivity index (χ0n) is 17.2. The van der Waals surface area contributed by atoms with Crippen LogP contribution in [0, 0.1) is 13.8 Å². The number of aryl methyl sites for hydroxylation is 2. The van der Waals surface area contributed by atoms with Gasteiger partial charge in [-0.05, 0) is 43.7 Å². The number of anilines is 1. The molecule has 2 heterocycles. The number of H-pyrrole nitrogens is 2. The van der Waals surface area contributed by atoms with E-state index in [0.29, 0.717) is 11.5 Å². The summed E-state index contributed by atoms with van der Waals surface area (Å²) in [6.07, 6.45) is 1.95. The Morgan fingerprint density at radius 2 is 1.72 bits per heavy atom. The number of methoxy groups -OCH3 is 2. The van der Waals surface area contributed by atoms with Gasteiger partial charge >= 0.3 is 0 Å². The molecule has 0 aliphatic rings. The number of aromatic amines is 2. The number of para-hydroxylation sites is 1. The zero-order valence-corrected chi connectivity index (χ0v) is 17.2. The highest BCUT2D eigenvalue weighted by Gasteiger charge is 2.26. The van der Waals surface area contributed by atoms with Crippen LogP contribution in [0.15, 0.2) is 60.8 Å². The molecular formula is C24H26N3O2+. The molecule has 0 radical (unpaired) electrons. The fourth-order valence-corrected chi connectivity index (χ4v) is 3.84. The number of hydrogen-bond donors (Lipinski definition) is 2.